The third-order valence-electron chi connectivity index (χ3n) is 2.37. The van der Waals surface area contributed by atoms with E-state index in [2.05, 4.69) is 0 Å². The quantitative estimate of drug-likeness (QED) is 0.520. The maximum Gasteiger partial charge on any atom is 0.333 e. The van der Waals surface area contributed by atoms with Crippen LogP contribution in [0.25, 0.3) is 0 Å². The number of imide groups is 2. The Bertz CT molecular complexity index is 444. The molecule has 8 nitrogen and oxygen atoms in total. The number of carbonyl (C=O) groups excluding carboxylic acids is 3. The van der Waals surface area contributed by atoms with Crippen molar-refractivity contribution in [1.82, 2.24) is 9.80 Å². The van der Waals surface area contributed by atoms with Crippen LogP contribution in [0.2, 0.25) is 0 Å². The first kappa shape index (κ1) is 13.6. The molecule has 0 radical (unpaired) electrons. The first-order valence-corrected chi connectivity index (χ1v) is 6.39. The van der Waals surface area contributed by atoms with Crippen LogP contribution in [0.3, 0.4) is 0 Å². The van der Waals surface area contributed by atoms with Crippen molar-refractivity contribution in [3.8, 4) is 0 Å². The molecule has 0 unspecified atom stereocenters. The topological polar surface area (TPSA) is 112 Å². The van der Waals surface area contributed by atoms with E-state index >= 15 is 0 Å². The summed E-state index contributed by atoms with van der Waals surface area (Å²) in [7, 11) is -4.87. The van der Waals surface area contributed by atoms with Crippen molar-refractivity contribution >= 4 is 28.0 Å². The molecule has 4 amide bonds. The Balaban J connectivity index is 3.29. The first-order chi connectivity index (χ1) is 7.75. The summed E-state index contributed by atoms with van der Waals surface area (Å²) in [6.07, 6.45) is 0. The highest BCUT2D eigenvalue weighted by molar-refractivity contribution is 7.88. The minimum atomic E-state index is -4.87. The molecule has 1 heterocycles. The Morgan fingerprint density at radius 2 is 1.41 bits per heavy atom. The number of hydrogen-bond acceptors (Lipinski definition) is 5. The average molecular weight is 264 g/mol. The molecular formula is C8H12N2O6S. The zero-order valence-electron chi connectivity index (χ0n) is 9.28. The normalized spacial score (nSPS) is 19.1. The van der Waals surface area contributed by atoms with E-state index < -0.39 is 33.2 Å². The van der Waals surface area contributed by atoms with Gasteiger partial charge in [0.1, 0.15) is 0 Å². The van der Waals surface area contributed by atoms with Gasteiger partial charge in [0, 0.05) is 13.1 Å². The molecule has 0 spiro atoms. The SMILES string of the molecule is CCN1C(=O)C(S(=O)(=O)O)C(=O)N(CC)C1=O. The lowest BCUT2D eigenvalue weighted by atomic mass is 10.2. The van der Waals surface area contributed by atoms with Crippen LogP contribution in [-0.2, 0) is 19.7 Å². The molecule has 1 saturated heterocycles. The molecule has 0 aromatic rings. The molecule has 0 saturated carbocycles. The second-order valence-corrected chi connectivity index (χ2v) is 4.84. The molecule has 9 heteroatoms. The fraction of sp³-hybridized carbons (Fsp3) is 0.625. The summed E-state index contributed by atoms with van der Waals surface area (Å²) < 4.78 is 30.8. The van der Waals surface area contributed by atoms with Gasteiger partial charge >= 0.3 is 6.03 Å². The molecule has 1 rings (SSSR count). The van der Waals surface area contributed by atoms with E-state index in [4.69, 9.17) is 4.55 Å². The Kier molecular flexibility index (Phi) is 3.53. The Hall–Kier alpha value is -1.48. The predicted octanol–water partition coefficient (Wildman–Crippen LogP) is -0.927. The van der Waals surface area contributed by atoms with Crippen LogP contribution in [0, 0.1) is 0 Å². The number of nitrogens with zero attached hydrogens (tertiary/aromatic N) is 2. The van der Waals surface area contributed by atoms with E-state index in [1.165, 1.54) is 13.8 Å². The van der Waals surface area contributed by atoms with Crippen LogP contribution >= 0.6 is 0 Å². The fourth-order valence-corrected chi connectivity index (χ4v) is 2.32. The number of hydrogen-bond donors (Lipinski definition) is 1. The van der Waals surface area contributed by atoms with Crippen molar-refractivity contribution in [1.29, 1.82) is 0 Å². The highest BCUT2D eigenvalue weighted by atomic mass is 32.2. The number of rotatable bonds is 3. The molecule has 1 aliphatic heterocycles. The lowest BCUT2D eigenvalue weighted by molar-refractivity contribution is -0.141. The predicted molar refractivity (Wildman–Crippen MR) is 55.5 cm³/mol. The van der Waals surface area contributed by atoms with E-state index in [0.717, 1.165) is 0 Å². The van der Waals surface area contributed by atoms with Gasteiger partial charge in [0.15, 0.2) is 0 Å². The highest BCUT2D eigenvalue weighted by Crippen LogP contribution is 2.17. The van der Waals surface area contributed by atoms with Crippen molar-refractivity contribution in [3.63, 3.8) is 0 Å². The minimum Gasteiger partial charge on any atom is -0.285 e. The van der Waals surface area contributed by atoms with Gasteiger partial charge in [-0.05, 0) is 13.8 Å². The van der Waals surface area contributed by atoms with Crippen molar-refractivity contribution in [3.05, 3.63) is 0 Å². The van der Waals surface area contributed by atoms with Crippen LogP contribution in [-0.4, -0.2) is 59.0 Å². The van der Waals surface area contributed by atoms with Gasteiger partial charge in [-0.15, -0.1) is 0 Å². The molecule has 1 aliphatic rings. The monoisotopic (exact) mass is 264 g/mol. The van der Waals surface area contributed by atoms with E-state index in [0.29, 0.717) is 9.80 Å². The van der Waals surface area contributed by atoms with Crippen molar-refractivity contribution < 1.29 is 27.4 Å². The van der Waals surface area contributed by atoms with Crippen LogP contribution in [0.5, 0.6) is 0 Å². The maximum absolute atomic E-state index is 11.6. The molecule has 0 aliphatic carbocycles. The van der Waals surface area contributed by atoms with E-state index in [1.807, 2.05) is 0 Å². The summed E-state index contributed by atoms with van der Waals surface area (Å²) in [5.41, 5.74) is 0. The Labute approximate surface area is 97.9 Å². The number of urea groups is 1. The molecule has 0 aromatic carbocycles. The van der Waals surface area contributed by atoms with Crippen molar-refractivity contribution in [2.24, 2.45) is 0 Å². The summed E-state index contributed by atoms with van der Waals surface area (Å²) in [4.78, 5) is 36.1. The smallest absolute Gasteiger partial charge is 0.285 e. The highest BCUT2D eigenvalue weighted by Gasteiger charge is 2.51. The van der Waals surface area contributed by atoms with Crippen molar-refractivity contribution in [2.75, 3.05) is 13.1 Å². The average Bonchev–Trinajstić information content (AvgIpc) is 2.16. The number of amides is 4. The second kappa shape index (κ2) is 4.41. The summed E-state index contributed by atoms with van der Waals surface area (Å²) in [5, 5.41) is -2.24. The van der Waals surface area contributed by atoms with Gasteiger partial charge in [-0.2, -0.15) is 8.42 Å². The van der Waals surface area contributed by atoms with E-state index in [9.17, 15) is 22.8 Å². The third kappa shape index (κ3) is 2.15. The molecule has 96 valence electrons. The molecule has 0 bridgehead atoms. The fourth-order valence-electron chi connectivity index (χ4n) is 1.56. The zero-order valence-corrected chi connectivity index (χ0v) is 10.1. The van der Waals surface area contributed by atoms with Crippen molar-refractivity contribution in [2.45, 2.75) is 19.1 Å². The summed E-state index contributed by atoms with van der Waals surface area (Å²) >= 11 is 0. The van der Waals surface area contributed by atoms with Crippen LogP contribution in [0.4, 0.5) is 4.79 Å². The maximum atomic E-state index is 11.6. The van der Waals surface area contributed by atoms with Crippen LogP contribution < -0.4 is 0 Å². The molecule has 1 fully saturated rings. The molecular weight excluding hydrogens is 252 g/mol. The van der Waals surface area contributed by atoms with Gasteiger partial charge in [-0.1, -0.05) is 0 Å². The largest absolute Gasteiger partial charge is 0.333 e. The minimum absolute atomic E-state index is 0.0759. The van der Waals surface area contributed by atoms with E-state index in [1.54, 1.807) is 0 Å². The Morgan fingerprint density at radius 3 is 1.65 bits per heavy atom. The van der Waals surface area contributed by atoms with Crippen LogP contribution in [0.1, 0.15) is 13.8 Å². The van der Waals surface area contributed by atoms with Gasteiger partial charge in [0.2, 0.25) is 5.25 Å². The van der Waals surface area contributed by atoms with Crippen LogP contribution in [0.15, 0.2) is 0 Å². The Morgan fingerprint density at radius 1 is 1.06 bits per heavy atom. The summed E-state index contributed by atoms with van der Waals surface area (Å²) in [6, 6.07) is -0.870. The van der Waals surface area contributed by atoms with Gasteiger partial charge < -0.3 is 0 Å². The molecule has 1 N–H and O–H groups in total. The second-order valence-electron chi connectivity index (χ2n) is 3.34. The lowest BCUT2D eigenvalue weighted by Crippen LogP contribution is -2.63. The molecule has 17 heavy (non-hydrogen) atoms. The molecule has 0 aromatic heterocycles. The number of barbiturate groups is 1. The summed E-state index contributed by atoms with van der Waals surface area (Å²) in [6.45, 7) is 2.77. The van der Waals surface area contributed by atoms with Gasteiger partial charge in [-0.25, -0.2) is 4.79 Å². The van der Waals surface area contributed by atoms with Gasteiger partial charge in [-0.3, -0.25) is 23.9 Å². The standard InChI is InChI=1S/C8H12N2O6S/c1-3-9-6(11)5(17(14,15)16)7(12)10(4-2)8(9)13/h5H,3-4H2,1-2H3,(H,14,15,16). The van der Waals surface area contributed by atoms with E-state index in [-0.39, 0.29) is 13.1 Å². The van der Waals surface area contributed by atoms with Gasteiger partial charge in [0.25, 0.3) is 21.9 Å². The first-order valence-electron chi connectivity index (χ1n) is 4.88. The lowest BCUT2D eigenvalue weighted by Gasteiger charge is -2.34. The summed E-state index contributed by atoms with van der Waals surface area (Å²) in [5.74, 6) is -2.43. The van der Waals surface area contributed by atoms with Gasteiger partial charge in [0.05, 0.1) is 0 Å². The zero-order chi connectivity index (χ0) is 13.4. The molecule has 0 atom stereocenters. The number of carbonyl (C=O) groups is 3. The third-order valence-corrected chi connectivity index (χ3v) is 3.37.